The van der Waals surface area contributed by atoms with Crippen LogP contribution in [0.25, 0.3) is 0 Å². The highest BCUT2D eigenvalue weighted by Crippen LogP contribution is 2.22. The van der Waals surface area contributed by atoms with E-state index in [0.717, 1.165) is 31.2 Å². The van der Waals surface area contributed by atoms with Gasteiger partial charge in [-0.3, -0.25) is 14.4 Å². The number of hydrogen-bond acceptors (Lipinski definition) is 4. The van der Waals surface area contributed by atoms with Crippen molar-refractivity contribution in [3.8, 4) is 0 Å². The molecular weight excluding hydrogens is 442 g/mol. The topological polar surface area (TPSA) is 87.7 Å². The highest BCUT2D eigenvalue weighted by atomic mass is 16.5. The molecule has 1 saturated heterocycles. The van der Waals surface area contributed by atoms with Gasteiger partial charge in [0, 0.05) is 36.7 Å². The summed E-state index contributed by atoms with van der Waals surface area (Å²) in [5.41, 5.74) is 1.67. The molecule has 1 heterocycles. The van der Waals surface area contributed by atoms with Crippen molar-refractivity contribution in [1.29, 1.82) is 0 Å². The lowest BCUT2D eigenvalue weighted by Gasteiger charge is -2.36. The molecule has 4 rings (SSSR count). The Labute approximate surface area is 207 Å². The van der Waals surface area contributed by atoms with Gasteiger partial charge in [0.25, 0.3) is 5.91 Å². The zero-order valence-corrected chi connectivity index (χ0v) is 20.2. The standard InChI is InChI=1S/C28H35N3O4/c32-26(20-35-19-21-9-3-1-4-10-21)31-17-15-23(16-18-31)28(34)30-25-14-8-7-13-24(25)29-27(33)22-11-5-2-6-12-22/h1-6,9-12,23-25H,7-8,13-20H2,(H,29,33)(H,30,34)/t24-,25-/m1/s1. The second-order valence-electron chi connectivity index (χ2n) is 9.48. The maximum absolute atomic E-state index is 13.0. The fourth-order valence-electron chi connectivity index (χ4n) is 4.93. The lowest BCUT2D eigenvalue weighted by Crippen LogP contribution is -2.55. The molecule has 2 aromatic rings. The Balaban J connectivity index is 1.21. The van der Waals surface area contributed by atoms with E-state index >= 15 is 0 Å². The van der Waals surface area contributed by atoms with Gasteiger partial charge < -0.3 is 20.3 Å². The maximum atomic E-state index is 13.0. The van der Waals surface area contributed by atoms with Crippen molar-refractivity contribution < 1.29 is 19.1 Å². The van der Waals surface area contributed by atoms with Gasteiger partial charge >= 0.3 is 0 Å². The number of hydrogen-bond donors (Lipinski definition) is 2. The van der Waals surface area contributed by atoms with Crippen molar-refractivity contribution >= 4 is 17.7 Å². The summed E-state index contributed by atoms with van der Waals surface area (Å²) in [7, 11) is 0. The molecule has 7 nitrogen and oxygen atoms in total. The second kappa shape index (κ2) is 12.5. The normalized spacial score (nSPS) is 20.7. The van der Waals surface area contributed by atoms with E-state index in [1.807, 2.05) is 48.5 Å². The lowest BCUT2D eigenvalue weighted by molar-refractivity contribution is -0.140. The van der Waals surface area contributed by atoms with E-state index in [1.54, 1.807) is 17.0 Å². The van der Waals surface area contributed by atoms with Crippen LogP contribution in [0.3, 0.4) is 0 Å². The largest absolute Gasteiger partial charge is 0.367 e. The molecule has 1 saturated carbocycles. The predicted molar refractivity (Wildman–Crippen MR) is 133 cm³/mol. The molecule has 0 unspecified atom stereocenters. The van der Waals surface area contributed by atoms with E-state index in [4.69, 9.17) is 4.74 Å². The number of ether oxygens (including phenoxy) is 1. The Hall–Kier alpha value is -3.19. The number of nitrogens with one attached hydrogen (secondary N) is 2. The average Bonchev–Trinajstić information content (AvgIpc) is 2.91. The molecule has 0 radical (unpaired) electrons. The molecule has 2 fully saturated rings. The smallest absolute Gasteiger partial charge is 0.251 e. The summed E-state index contributed by atoms with van der Waals surface area (Å²) in [5, 5.41) is 6.34. The number of amides is 3. The third-order valence-electron chi connectivity index (χ3n) is 7.00. The lowest BCUT2D eigenvalue weighted by atomic mass is 9.88. The van der Waals surface area contributed by atoms with Crippen LogP contribution in [-0.4, -0.2) is 54.4 Å². The zero-order chi connectivity index (χ0) is 24.5. The van der Waals surface area contributed by atoms with Crippen LogP contribution in [0, 0.1) is 5.92 Å². The van der Waals surface area contributed by atoms with Gasteiger partial charge in [-0.2, -0.15) is 0 Å². The molecule has 0 aromatic heterocycles. The van der Waals surface area contributed by atoms with E-state index in [0.29, 0.717) is 38.1 Å². The highest BCUT2D eigenvalue weighted by molar-refractivity contribution is 5.94. The Kier molecular flexibility index (Phi) is 8.90. The molecule has 0 spiro atoms. The van der Waals surface area contributed by atoms with Crippen molar-refractivity contribution in [3.05, 3.63) is 71.8 Å². The molecule has 2 N–H and O–H groups in total. The molecule has 186 valence electrons. The summed E-state index contributed by atoms with van der Waals surface area (Å²) >= 11 is 0. The summed E-state index contributed by atoms with van der Waals surface area (Å²) in [4.78, 5) is 39.9. The quantitative estimate of drug-likeness (QED) is 0.611. The van der Waals surface area contributed by atoms with Crippen LogP contribution in [-0.2, 0) is 20.9 Å². The number of carbonyl (C=O) groups is 3. The minimum atomic E-state index is -0.114. The second-order valence-corrected chi connectivity index (χ2v) is 9.48. The van der Waals surface area contributed by atoms with E-state index in [2.05, 4.69) is 10.6 Å². The van der Waals surface area contributed by atoms with Gasteiger partial charge in [0.2, 0.25) is 11.8 Å². The van der Waals surface area contributed by atoms with E-state index in [9.17, 15) is 14.4 Å². The van der Waals surface area contributed by atoms with Gasteiger partial charge in [-0.1, -0.05) is 61.4 Å². The average molecular weight is 478 g/mol. The first-order chi connectivity index (χ1) is 17.1. The molecule has 2 aliphatic rings. The van der Waals surface area contributed by atoms with Gasteiger partial charge in [0.15, 0.2) is 0 Å². The first-order valence-electron chi connectivity index (χ1n) is 12.7. The summed E-state index contributed by atoms with van der Waals surface area (Å²) in [6, 6.07) is 18.8. The van der Waals surface area contributed by atoms with Crippen LogP contribution in [0.5, 0.6) is 0 Å². The first kappa shape index (κ1) is 24.9. The van der Waals surface area contributed by atoms with Crippen LogP contribution in [0.1, 0.15) is 54.4 Å². The Morgan fingerprint density at radius 2 is 1.40 bits per heavy atom. The van der Waals surface area contributed by atoms with E-state index < -0.39 is 0 Å². The molecule has 0 bridgehead atoms. The van der Waals surface area contributed by atoms with Gasteiger partial charge in [-0.05, 0) is 43.4 Å². The molecule has 1 aliphatic carbocycles. The minimum Gasteiger partial charge on any atom is -0.367 e. The van der Waals surface area contributed by atoms with Gasteiger partial charge in [0.1, 0.15) is 6.61 Å². The Bertz CT molecular complexity index is 974. The van der Waals surface area contributed by atoms with Crippen molar-refractivity contribution in [2.45, 2.75) is 57.2 Å². The monoisotopic (exact) mass is 477 g/mol. The summed E-state index contributed by atoms with van der Waals surface area (Å²) in [5.74, 6) is -0.214. The van der Waals surface area contributed by atoms with Crippen LogP contribution in [0.2, 0.25) is 0 Å². The van der Waals surface area contributed by atoms with Crippen molar-refractivity contribution in [2.24, 2.45) is 5.92 Å². The molecule has 3 amide bonds. The number of nitrogens with zero attached hydrogens (tertiary/aromatic N) is 1. The van der Waals surface area contributed by atoms with E-state index in [1.165, 1.54) is 0 Å². The molecule has 1 aliphatic heterocycles. The summed E-state index contributed by atoms with van der Waals surface area (Å²) in [6.07, 6.45) is 5.09. The fraction of sp³-hybridized carbons (Fsp3) is 0.464. The molecule has 7 heteroatoms. The number of carbonyl (C=O) groups excluding carboxylic acids is 3. The van der Waals surface area contributed by atoms with Crippen LogP contribution in [0.4, 0.5) is 0 Å². The minimum absolute atomic E-state index is 0.0308. The summed E-state index contributed by atoms with van der Waals surface area (Å²) < 4.78 is 5.58. The summed E-state index contributed by atoms with van der Waals surface area (Å²) in [6.45, 7) is 1.58. The highest BCUT2D eigenvalue weighted by Gasteiger charge is 2.32. The SMILES string of the molecule is O=C(N[C@@H]1CCCC[C@H]1NC(=O)C1CCN(C(=O)COCc2ccccc2)CC1)c1ccccc1. The maximum Gasteiger partial charge on any atom is 0.251 e. The predicted octanol–water partition coefficient (Wildman–Crippen LogP) is 3.30. The first-order valence-corrected chi connectivity index (χ1v) is 12.7. The Morgan fingerprint density at radius 3 is 2.06 bits per heavy atom. The zero-order valence-electron chi connectivity index (χ0n) is 20.2. The third-order valence-corrected chi connectivity index (χ3v) is 7.00. The number of likely N-dealkylation sites (tertiary alicyclic amines) is 1. The molecule has 2 aromatic carbocycles. The van der Waals surface area contributed by atoms with Crippen LogP contribution < -0.4 is 10.6 Å². The van der Waals surface area contributed by atoms with Crippen molar-refractivity contribution in [2.75, 3.05) is 19.7 Å². The van der Waals surface area contributed by atoms with E-state index in [-0.39, 0.29) is 42.3 Å². The van der Waals surface area contributed by atoms with Crippen LogP contribution in [0.15, 0.2) is 60.7 Å². The van der Waals surface area contributed by atoms with Crippen molar-refractivity contribution in [3.63, 3.8) is 0 Å². The number of rotatable bonds is 8. The molecule has 35 heavy (non-hydrogen) atoms. The third kappa shape index (κ3) is 7.15. The fourth-order valence-corrected chi connectivity index (χ4v) is 4.93. The van der Waals surface area contributed by atoms with Crippen molar-refractivity contribution in [1.82, 2.24) is 15.5 Å². The molecular formula is C28H35N3O4. The Morgan fingerprint density at radius 1 is 0.800 bits per heavy atom. The van der Waals surface area contributed by atoms with Crippen LogP contribution >= 0.6 is 0 Å². The van der Waals surface area contributed by atoms with Gasteiger partial charge in [-0.25, -0.2) is 0 Å². The number of benzene rings is 2. The molecule has 2 atom stereocenters. The van der Waals surface area contributed by atoms with Gasteiger partial charge in [0.05, 0.1) is 6.61 Å². The number of piperidine rings is 1. The van der Waals surface area contributed by atoms with Gasteiger partial charge in [-0.15, -0.1) is 0 Å².